The Morgan fingerprint density at radius 1 is 0.919 bits per heavy atom. The van der Waals surface area contributed by atoms with Crippen molar-refractivity contribution >= 4 is 40.3 Å². The number of piperidine rings is 1. The largest absolute Gasteiger partial charge is 0.450 e. The van der Waals surface area contributed by atoms with Gasteiger partial charge in [-0.1, -0.05) is 35.9 Å². The van der Waals surface area contributed by atoms with Crippen LogP contribution in [0.15, 0.2) is 66.9 Å². The minimum Gasteiger partial charge on any atom is -0.450 e. The number of likely N-dealkylation sites (tertiary alicyclic amines) is 1. The number of carbonyl (C=O) groups is 3. The van der Waals surface area contributed by atoms with E-state index in [9.17, 15) is 23.2 Å². The van der Waals surface area contributed by atoms with Crippen molar-refractivity contribution in [2.75, 3.05) is 13.1 Å². The highest BCUT2D eigenvalue weighted by atomic mass is 35.5. The molecule has 0 atom stereocenters. The first-order chi connectivity index (χ1) is 17.8. The molecule has 0 unspecified atom stereocenters. The van der Waals surface area contributed by atoms with Crippen LogP contribution >= 0.6 is 11.6 Å². The highest BCUT2D eigenvalue weighted by Crippen LogP contribution is 2.44. The number of aromatic nitrogens is 1. The molecule has 6 nitrogen and oxygen atoms in total. The first-order valence-corrected chi connectivity index (χ1v) is 12.1. The van der Waals surface area contributed by atoms with Crippen LogP contribution in [-0.2, 0) is 10.3 Å². The lowest BCUT2D eigenvalue weighted by molar-refractivity contribution is -0.0389. The molecule has 1 amide bonds. The summed E-state index contributed by atoms with van der Waals surface area (Å²) in [4.78, 5) is 40.9. The number of esters is 1. The maximum absolute atomic E-state index is 13.8. The fourth-order valence-electron chi connectivity index (χ4n) is 5.31. The Morgan fingerprint density at radius 2 is 1.62 bits per heavy atom. The molecule has 1 spiro atoms. The molecule has 0 saturated carbocycles. The van der Waals surface area contributed by atoms with E-state index in [1.54, 1.807) is 29.2 Å². The number of hydrogen-bond donors (Lipinski definition) is 0. The number of fused-ring (bicyclic) bond motifs is 3. The van der Waals surface area contributed by atoms with Gasteiger partial charge < -0.3 is 9.64 Å². The molecule has 1 saturated heterocycles. The minimum atomic E-state index is -0.884. The standard InChI is InChI=1S/C28H19ClF2N2O4/c29-17-5-6-20-22(15-33(24(20)13-17)25(34)16-11-18(30)14-19(31)12-16)26(35)32-9-7-28(8-10-32)23-4-2-1-3-21(23)27(36)37-28/h1-6,11-15H,7-10H2. The van der Waals surface area contributed by atoms with Gasteiger partial charge in [0.2, 0.25) is 0 Å². The van der Waals surface area contributed by atoms with Gasteiger partial charge in [-0.15, -0.1) is 0 Å². The van der Waals surface area contributed by atoms with E-state index < -0.39 is 23.1 Å². The van der Waals surface area contributed by atoms with Crippen LogP contribution < -0.4 is 0 Å². The van der Waals surface area contributed by atoms with Crippen LogP contribution in [-0.4, -0.2) is 40.3 Å². The molecule has 2 aliphatic heterocycles. The number of halogens is 3. The maximum atomic E-state index is 13.8. The highest BCUT2D eigenvalue weighted by molar-refractivity contribution is 6.31. The Bertz CT molecular complexity index is 1600. The van der Waals surface area contributed by atoms with Gasteiger partial charge in [0.1, 0.15) is 17.2 Å². The van der Waals surface area contributed by atoms with Crippen LogP contribution in [0.4, 0.5) is 8.78 Å². The molecule has 4 aromatic rings. The summed E-state index contributed by atoms with van der Waals surface area (Å²) in [7, 11) is 0. The van der Waals surface area contributed by atoms with E-state index in [0.717, 1.165) is 17.7 Å². The molecule has 9 heteroatoms. The lowest BCUT2D eigenvalue weighted by Gasteiger charge is -2.38. The number of carbonyl (C=O) groups excluding carboxylic acids is 3. The van der Waals surface area contributed by atoms with E-state index >= 15 is 0 Å². The van der Waals surface area contributed by atoms with Crippen LogP contribution in [0.25, 0.3) is 10.9 Å². The second-order valence-electron chi connectivity index (χ2n) is 9.26. The van der Waals surface area contributed by atoms with Gasteiger partial charge in [0.15, 0.2) is 0 Å². The first-order valence-electron chi connectivity index (χ1n) is 11.7. The summed E-state index contributed by atoms with van der Waals surface area (Å²) in [5, 5.41) is 0.822. The van der Waals surface area contributed by atoms with Crippen molar-refractivity contribution in [3.8, 4) is 0 Å². The normalized spacial score (nSPS) is 16.2. The van der Waals surface area contributed by atoms with Crippen molar-refractivity contribution in [1.82, 2.24) is 9.47 Å². The predicted molar refractivity (Wildman–Crippen MR) is 132 cm³/mol. The van der Waals surface area contributed by atoms with Crippen LogP contribution in [0.2, 0.25) is 5.02 Å². The van der Waals surface area contributed by atoms with Crippen LogP contribution in [0.1, 0.15) is 49.5 Å². The third-order valence-corrected chi connectivity index (χ3v) is 7.35. The summed E-state index contributed by atoms with van der Waals surface area (Å²) in [5.74, 6) is -3.13. The highest BCUT2D eigenvalue weighted by Gasteiger charge is 2.47. The number of ether oxygens (including phenoxy) is 1. The number of nitrogens with zero attached hydrogens (tertiary/aromatic N) is 2. The monoisotopic (exact) mass is 520 g/mol. The van der Waals surface area contributed by atoms with Gasteiger partial charge in [0.05, 0.1) is 16.6 Å². The van der Waals surface area contributed by atoms with Gasteiger partial charge in [-0.25, -0.2) is 13.6 Å². The fraction of sp³-hybridized carbons (Fsp3) is 0.179. The van der Waals surface area contributed by atoms with Crippen LogP contribution in [0.5, 0.6) is 0 Å². The summed E-state index contributed by atoms with van der Waals surface area (Å²) < 4.78 is 34.5. The lowest BCUT2D eigenvalue weighted by atomic mass is 9.83. The van der Waals surface area contributed by atoms with E-state index in [2.05, 4.69) is 0 Å². The van der Waals surface area contributed by atoms with Gasteiger partial charge in [-0.3, -0.25) is 14.2 Å². The average Bonchev–Trinajstić information content (AvgIpc) is 3.38. The molecule has 37 heavy (non-hydrogen) atoms. The zero-order chi connectivity index (χ0) is 25.9. The molecule has 0 radical (unpaired) electrons. The van der Waals surface area contributed by atoms with Crippen molar-refractivity contribution in [2.24, 2.45) is 0 Å². The van der Waals surface area contributed by atoms with E-state index in [0.29, 0.717) is 53.5 Å². The summed E-state index contributed by atoms with van der Waals surface area (Å²) >= 11 is 6.17. The smallest absolute Gasteiger partial charge is 0.339 e. The fourth-order valence-corrected chi connectivity index (χ4v) is 5.48. The topological polar surface area (TPSA) is 68.6 Å². The van der Waals surface area contributed by atoms with Crippen LogP contribution in [0, 0.1) is 11.6 Å². The molecule has 1 fully saturated rings. The van der Waals surface area contributed by atoms with Crippen molar-refractivity contribution < 1.29 is 27.9 Å². The number of rotatable bonds is 2. The predicted octanol–water partition coefficient (Wildman–Crippen LogP) is 5.56. The van der Waals surface area contributed by atoms with Gasteiger partial charge >= 0.3 is 5.97 Å². The van der Waals surface area contributed by atoms with Gasteiger partial charge in [-0.2, -0.15) is 0 Å². The molecule has 0 bridgehead atoms. The molecule has 0 N–H and O–H groups in total. The lowest BCUT2D eigenvalue weighted by Crippen LogP contribution is -2.45. The van der Waals surface area contributed by atoms with E-state index in [4.69, 9.17) is 16.3 Å². The Hall–Kier alpha value is -4.04. The zero-order valence-corrected chi connectivity index (χ0v) is 20.1. The van der Waals surface area contributed by atoms with Gasteiger partial charge in [0, 0.05) is 59.7 Å². The average molecular weight is 521 g/mol. The Kier molecular flexibility index (Phi) is 5.38. The van der Waals surface area contributed by atoms with Gasteiger partial charge in [-0.05, 0) is 30.3 Å². The zero-order valence-electron chi connectivity index (χ0n) is 19.3. The Labute approximate surface area is 215 Å². The van der Waals surface area contributed by atoms with Crippen molar-refractivity contribution in [1.29, 1.82) is 0 Å². The second-order valence-corrected chi connectivity index (χ2v) is 9.70. The molecule has 1 aromatic heterocycles. The summed E-state index contributed by atoms with van der Waals surface area (Å²) in [6.07, 6.45) is 2.25. The Morgan fingerprint density at radius 3 is 2.35 bits per heavy atom. The summed E-state index contributed by atoms with van der Waals surface area (Å²) in [5.41, 5.74) is 1.04. The van der Waals surface area contributed by atoms with Crippen molar-refractivity contribution in [2.45, 2.75) is 18.4 Å². The molecule has 3 heterocycles. The van der Waals surface area contributed by atoms with Crippen LogP contribution in [0.3, 0.4) is 0 Å². The third kappa shape index (κ3) is 3.79. The molecule has 6 rings (SSSR count). The van der Waals surface area contributed by atoms with Gasteiger partial charge in [0.25, 0.3) is 11.8 Å². The van der Waals surface area contributed by atoms with E-state index in [-0.39, 0.29) is 23.0 Å². The third-order valence-electron chi connectivity index (χ3n) is 7.11. The van der Waals surface area contributed by atoms with E-state index in [1.807, 2.05) is 12.1 Å². The molecular formula is C28H19ClF2N2O4. The first kappa shape index (κ1) is 23.4. The van der Waals surface area contributed by atoms with E-state index in [1.165, 1.54) is 16.8 Å². The molecule has 0 aliphatic carbocycles. The molecule has 2 aliphatic rings. The summed E-state index contributed by atoms with van der Waals surface area (Å²) in [6, 6.07) is 14.6. The number of hydrogen-bond acceptors (Lipinski definition) is 4. The van der Waals surface area contributed by atoms with Crippen molar-refractivity contribution in [3.63, 3.8) is 0 Å². The number of benzene rings is 3. The van der Waals surface area contributed by atoms with Crippen molar-refractivity contribution in [3.05, 3.63) is 106 Å². The minimum absolute atomic E-state index is 0.199. The summed E-state index contributed by atoms with van der Waals surface area (Å²) in [6.45, 7) is 0.674. The maximum Gasteiger partial charge on any atom is 0.339 e. The molecule has 186 valence electrons. The molecular weight excluding hydrogens is 502 g/mol. The molecule has 3 aromatic carbocycles. The second kappa shape index (κ2) is 8.52. The quantitative estimate of drug-likeness (QED) is 0.324. The SMILES string of the molecule is O=C1OC2(CCN(C(=O)c3cn(C(=O)c4cc(F)cc(F)c4)c4cc(Cl)ccc34)CC2)c2ccccc21. The Balaban J connectivity index is 1.32. The number of amides is 1.